The minimum atomic E-state index is -1.16. The molecule has 1 heterocycles. The number of ether oxygens (including phenoxy) is 1. The first-order valence-electron chi connectivity index (χ1n) is 5.36. The van der Waals surface area contributed by atoms with Crippen LogP contribution in [0.3, 0.4) is 0 Å². The molecule has 17 heavy (non-hydrogen) atoms. The molecule has 0 aliphatic heterocycles. The predicted molar refractivity (Wildman–Crippen MR) is 60.1 cm³/mol. The molecule has 6 nitrogen and oxygen atoms in total. The van der Waals surface area contributed by atoms with Crippen LogP contribution in [0.4, 0.5) is 0 Å². The van der Waals surface area contributed by atoms with Crippen LogP contribution >= 0.6 is 0 Å². The van der Waals surface area contributed by atoms with Crippen molar-refractivity contribution in [2.45, 2.75) is 39.8 Å². The van der Waals surface area contributed by atoms with Crippen LogP contribution in [0.2, 0.25) is 0 Å². The first-order valence-corrected chi connectivity index (χ1v) is 5.36. The Kier molecular flexibility index (Phi) is 3.88. The normalized spacial score (nSPS) is 10.9. The van der Waals surface area contributed by atoms with E-state index in [1.807, 2.05) is 13.8 Å². The Hall–Kier alpha value is -1.85. The van der Waals surface area contributed by atoms with Gasteiger partial charge in [0.2, 0.25) is 0 Å². The smallest absolute Gasteiger partial charge is 0.356 e. The van der Waals surface area contributed by atoms with E-state index in [0.717, 1.165) is 0 Å². The van der Waals surface area contributed by atoms with E-state index in [4.69, 9.17) is 9.84 Å². The highest BCUT2D eigenvalue weighted by molar-refractivity contribution is 5.92. The van der Waals surface area contributed by atoms with Gasteiger partial charge in [0.25, 0.3) is 0 Å². The second-order valence-electron chi connectivity index (χ2n) is 4.21. The van der Waals surface area contributed by atoms with E-state index in [-0.39, 0.29) is 23.5 Å². The Balaban J connectivity index is 3.12. The molecule has 1 N–H and O–H groups in total. The van der Waals surface area contributed by atoms with Crippen LogP contribution in [-0.4, -0.2) is 32.9 Å². The van der Waals surface area contributed by atoms with E-state index in [1.54, 1.807) is 13.8 Å². The molecule has 0 aliphatic rings. The van der Waals surface area contributed by atoms with E-state index in [9.17, 15) is 9.59 Å². The summed E-state index contributed by atoms with van der Waals surface area (Å²) < 4.78 is 6.38. The van der Waals surface area contributed by atoms with Gasteiger partial charge in [0.15, 0.2) is 5.69 Å². The molecule has 0 spiro atoms. The third kappa shape index (κ3) is 3.05. The van der Waals surface area contributed by atoms with Crippen molar-refractivity contribution < 1.29 is 19.4 Å². The minimum absolute atomic E-state index is 0.113. The lowest BCUT2D eigenvalue weighted by molar-refractivity contribution is 0.0361. The molecular formula is C11H16N2O4. The fourth-order valence-electron chi connectivity index (χ4n) is 1.32. The monoisotopic (exact) mass is 240 g/mol. The van der Waals surface area contributed by atoms with E-state index < -0.39 is 11.9 Å². The molecule has 1 aromatic heterocycles. The highest BCUT2D eigenvalue weighted by Gasteiger charge is 2.21. The zero-order valence-corrected chi connectivity index (χ0v) is 10.3. The van der Waals surface area contributed by atoms with Crippen LogP contribution in [0.1, 0.15) is 54.7 Å². The lowest BCUT2D eigenvalue weighted by Crippen LogP contribution is -2.17. The zero-order chi connectivity index (χ0) is 13.2. The van der Waals surface area contributed by atoms with Crippen molar-refractivity contribution in [1.82, 2.24) is 9.78 Å². The van der Waals surface area contributed by atoms with Gasteiger partial charge in [0, 0.05) is 12.1 Å². The summed E-state index contributed by atoms with van der Waals surface area (Å²) in [7, 11) is 0. The second-order valence-corrected chi connectivity index (χ2v) is 4.21. The third-order valence-corrected chi connectivity index (χ3v) is 2.00. The number of rotatable bonds is 4. The van der Waals surface area contributed by atoms with Gasteiger partial charge < -0.3 is 9.84 Å². The molecule has 0 saturated carbocycles. The maximum atomic E-state index is 11.7. The maximum Gasteiger partial charge on any atom is 0.356 e. The number of esters is 1. The Bertz CT molecular complexity index is 435. The summed E-state index contributed by atoms with van der Waals surface area (Å²) in [5.41, 5.74) is 0.000469. The summed E-state index contributed by atoms with van der Waals surface area (Å²) in [6, 6.07) is 1.12. The number of hydrogen-bond acceptors (Lipinski definition) is 4. The van der Waals surface area contributed by atoms with Crippen molar-refractivity contribution in [1.29, 1.82) is 0 Å². The van der Waals surface area contributed by atoms with Gasteiger partial charge >= 0.3 is 11.9 Å². The number of carbonyl (C=O) groups is 2. The molecule has 0 unspecified atom stereocenters. The minimum Gasteiger partial charge on any atom is -0.476 e. The summed E-state index contributed by atoms with van der Waals surface area (Å²) in [5, 5.41) is 12.7. The largest absolute Gasteiger partial charge is 0.476 e. The molecule has 0 radical (unpaired) electrons. The topological polar surface area (TPSA) is 81.4 Å². The zero-order valence-electron chi connectivity index (χ0n) is 10.3. The van der Waals surface area contributed by atoms with Gasteiger partial charge in [-0.15, -0.1) is 0 Å². The van der Waals surface area contributed by atoms with Crippen LogP contribution in [-0.2, 0) is 4.74 Å². The van der Waals surface area contributed by atoms with Crippen LogP contribution < -0.4 is 0 Å². The first kappa shape index (κ1) is 13.2. The Labute approximate surface area is 99.2 Å². The fourth-order valence-corrected chi connectivity index (χ4v) is 1.32. The first-order chi connectivity index (χ1) is 7.82. The van der Waals surface area contributed by atoms with Crippen LogP contribution in [0.15, 0.2) is 6.07 Å². The lowest BCUT2D eigenvalue weighted by Gasteiger charge is -2.11. The van der Waals surface area contributed by atoms with Crippen molar-refractivity contribution in [2.24, 2.45) is 0 Å². The van der Waals surface area contributed by atoms with E-state index in [2.05, 4.69) is 5.10 Å². The number of nitrogens with zero attached hydrogens (tertiary/aromatic N) is 2. The molecule has 94 valence electrons. The molecular weight excluding hydrogens is 224 g/mol. The quantitative estimate of drug-likeness (QED) is 0.810. The van der Waals surface area contributed by atoms with Gasteiger partial charge in [0.05, 0.1) is 6.10 Å². The summed E-state index contributed by atoms with van der Waals surface area (Å²) in [5.74, 6) is -1.73. The van der Waals surface area contributed by atoms with Crippen molar-refractivity contribution >= 4 is 11.9 Å². The molecule has 1 rings (SSSR count). The van der Waals surface area contributed by atoms with Gasteiger partial charge in [0.1, 0.15) is 5.69 Å². The number of carboxylic acids is 1. The van der Waals surface area contributed by atoms with E-state index in [1.165, 1.54) is 10.7 Å². The third-order valence-electron chi connectivity index (χ3n) is 2.00. The number of hydrogen-bond donors (Lipinski definition) is 1. The van der Waals surface area contributed by atoms with Crippen LogP contribution in [0.25, 0.3) is 0 Å². The van der Waals surface area contributed by atoms with Crippen LogP contribution in [0.5, 0.6) is 0 Å². The Morgan fingerprint density at radius 1 is 1.35 bits per heavy atom. The summed E-state index contributed by atoms with van der Waals surface area (Å²) in [6.07, 6.45) is -0.258. The Morgan fingerprint density at radius 2 is 1.94 bits per heavy atom. The fraction of sp³-hybridized carbons (Fsp3) is 0.545. The Morgan fingerprint density at radius 3 is 2.35 bits per heavy atom. The number of carboxylic acid groups (broad SMARTS) is 1. The summed E-state index contributed by atoms with van der Waals surface area (Å²) >= 11 is 0. The van der Waals surface area contributed by atoms with E-state index >= 15 is 0 Å². The number of aromatic carboxylic acids is 1. The average Bonchev–Trinajstić information content (AvgIpc) is 2.60. The van der Waals surface area contributed by atoms with Gasteiger partial charge in [-0.2, -0.15) is 5.10 Å². The van der Waals surface area contributed by atoms with Crippen LogP contribution in [0, 0.1) is 0 Å². The molecule has 0 saturated heterocycles. The predicted octanol–water partition coefficient (Wildman–Crippen LogP) is 1.73. The molecule has 0 aliphatic carbocycles. The van der Waals surface area contributed by atoms with Crippen molar-refractivity contribution in [2.75, 3.05) is 0 Å². The standard InChI is InChI=1S/C11H16N2O4/c1-6(2)13-9(11(16)17-7(3)4)5-8(12-13)10(14)15/h5-7H,1-4H3,(H,14,15). The maximum absolute atomic E-state index is 11.7. The number of carbonyl (C=O) groups excluding carboxylic acids is 1. The summed E-state index contributed by atoms with van der Waals surface area (Å²) in [6.45, 7) is 7.08. The number of aromatic nitrogens is 2. The highest BCUT2D eigenvalue weighted by atomic mass is 16.5. The van der Waals surface area contributed by atoms with Gasteiger partial charge in [-0.05, 0) is 27.7 Å². The molecule has 0 fully saturated rings. The molecule has 6 heteroatoms. The highest BCUT2D eigenvalue weighted by Crippen LogP contribution is 2.13. The van der Waals surface area contributed by atoms with Crippen molar-refractivity contribution in [3.63, 3.8) is 0 Å². The second kappa shape index (κ2) is 4.99. The molecule has 0 bridgehead atoms. The van der Waals surface area contributed by atoms with E-state index in [0.29, 0.717) is 0 Å². The molecule has 0 amide bonds. The van der Waals surface area contributed by atoms with Gasteiger partial charge in [-0.25, -0.2) is 9.59 Å². The van der Waals surface area contributed by atoms with Gasteiger partial charge in [-0.3, -0.25) is 4.68 Å². The molecule has 0 atom stereocenters. The molecule has 0 aromatic carbocycles. The summed E-state index contributed by atoms with van der Waals surface area (Å²) in [4.78, 5) is 22.5. The van der Waals surface area contributed by atoms with Gasteiger partial charge in [-0.1, -0.05) is 0 Å². The average molecular weight is 240 g/mol. The molecule has 1 aromatic rings. The SMILES string of the molecule is CC(C)OC(=O)c1cc(C(=O)O)nn1C(C)C. The van der Waals surface area contributed by atoms with Crippen molar-refractivity contribution in [3.05, 3.63) is 17.5 Å². The lowest BCUT2D eigenvalue weighted by atomic mass is 10.3. The van der Waals surface area contributed by atoms with Crippen molar-refractivity contribution in [3.8, 4) is 0 Å².